The van der Waals surface area contributed by atoms with Crippen molar-refractivity contribution in [3.63, 3.8) is 0 Å². The highest BCUT2D eigenvalue weighted by Gasteiger charge is 2.60. The van der Waals surface area contributed by atoms with E-state index in [1.807, 2.05) is 24.6 Å². The average Bonchev–Trinajstić information content (AvgIpc) is 3.02. The lowest BCUT2D eigenvalue weighted by Crippen LogP contribution is -2.27. The summed E-state index contributed by atoms with van der Waals surface area (Å²) in [6.07, 6.45) is 3.81. The van der Waals surface area contributed by atoms with Crippen molar-refractivity contribution >= 4 is 35.0 Å². The zero-order valence-electron chi connectivity index (χ0n) is 16.9. The van der Waals surface area contributed by atoms with E-state index in [1.165, 1.54) is 24.9 Å². The summed E-state index contributed by atoms with van der Waals surface area (Å²) in [7, 11) is 1.97. The van der Waals surface area contributed by atoms with Crippen LogP contribution in [0, 0.1) is 12.8 Å². The van der Waals surface area contributed by atoms with Gasteiger partial charge in [0.2, 0.25) is 5.82 Å². The standard InChI is InChI=1S/C21H23Cl2N5OS/c1-13-18(29-12-24-13)19-25-26-20(27(19)2)30-7-3-6-28-10-15-9-21(15,11-28)14-4-5-16(22)17(23)8-14/h4-5,8,12,15H,3,6-7,9-11H2,1-2H3/t15-,21?/m1/s1. The molecule has 2 atom stereocenters. The first-order chi connectivity index (χ1) is 14.5. The highest BCUT2D eigenvalue weighted by atomic mass is 35.5. The molecule has 3 heterocycles. The smallest absolute Gasteiger partial charge is 0.202 e. The number of aromatic nitrogens is 4. The number of likely N-dealkylation sites (tertiary alicyclic amines) is 1. The summed E-state index contributed by atoms with van der Waals surface area (Å²) in [6, 6.07) is 6.14. The Balaban J connectivity index is 1.13. The number of hydrogen-bond acceptors (Lipinski definition) is 6. The van der Waals surface area contributed by atoms with E-state index in [4.69, 9.17) is 27.6 Å². The summed E-state index contributed by atoms with van der Waals surface area (Å²) >= 11 is 14.1. The van der Waals surface area contributed by atoms with Crippen LogP contribution in [0.4, 0.5) is 0 Å². The summed E-state index contributed by atoms with van der Waals surface area (Å²) in [6.45, 7) is 5.28. The first-order valence-corrected chi connectivity index (χ1v) is 11.8. The van der Waals surface area contributed by atoms with Crippen molar-refractivity contribution in [2.24, 2.45) is 13.0 Å². The third-order valence-electron chi connectivity index (χ3n) is 6.34. The highest BCUT2D eigenvalue weighted by molar-refractivity contribution is 7.99. The van der Waals surface area contributed by atoms with Crippen LogP contribution in [-0.4, -0.2) is 50.0 Å². The number of nitrogens with zero attached hydrogens (tertiary/aromatic N) is 5. The van der Waals surface area contributed by atoms with Gasteiger partial charge in [0.25, 0.3) is 0 Å². The van der Waals surface area contributed by atoms with Gasteiger partial charge >= 0.3 is 0 Å². The fourth-order valence-corrected chi connectivity index (χ4v) is 5.75. The lowest BCUT2D eigenvalue weighted by Gasteiger charge is -2.21. The molecule has 1 saturated heterocycles. The van der Waals surface area contributed by atoms with Crippen LogP contribution < -0.4 is 0 Å². The molecule has 1 aliphatic carbocycles. The van der Waals surface area contributed by atoms with Gasteiger partial charge in [-0.3, -0.25) is 0 Å². The normalized spacial score (nSPS) is 23.1. The van der Waals surface area contributed by atoms with Crippen molar-refractivity contribution in [2.45, 2.75) is 30.3 Å². The van der Waals surface area contributed by atoms with Gasteiger partial charge in [-0.25, -0.2) is 4.98 Å². The topological polar surface area (TPSA) is 60.0 Å². The lowest BCUT2D eigenvalue weighted by atomic mass is 9.95. The quantitative estimate of drug-likeness (QED) is 0.368. The third-order valence-corrected chi connectivity index (χ3v) is 8.19. The Kier molecular flexibility index (Phi) is 5.34. The molecule has 0 amide bonds. The van der Waals surface area contributed by atoms with Crippen LogP contribution in [0.5, 0.6) is 0 Å². The van der Waals surface area contributed by atoms with E-state index in [1.54, 1.807) is 11.8 Å². The molecule has 5 rings (SSSR count). The molecular formula is C21H23Cl2N5OS. The Morgan fingerprint density at radius 2 is 2.13 bits per heavy atom. The van der Waals surface area contributed by atoms with Gasteiger partial charge in [0.1, 0.15) is 0 Å². The van der Waals surface area contributed by atoms with Crippen molar-refractivity contribution in [3.8, 4) is 11.6 Å². The second-order valence-electron chi connectivity index (χ2n) is 8.26. The van der Waals surface area contributed by atoms with Crippen molar-refractivity contribution in [3.05, 3.63) is 45.9 Å². The second kappa shape index (κ2) is 7.86. The molecule has 1 saturated carbocycles. The van der Waals surface area contributed by atoms with Crippen LogP contribution in [-0.2, 0) is 12.5 Å². The molecule has 1 aliphatic heterocycles. The molecule has 0 radical (unpaired) electrons. The lowest BCUT2D eigenvalue weighted by molar-refractivity contribution is 0.299. The van der Waals surface area contributed by atoms with Gasteiger partial charge in [-0.2, -0.15) is 0 Å². The summed E-state index contributed by atoms with van der Waals surface area (Å²) < 4.78 is 7.42. The highest BCUT2D eigenvalue weighted by Crippen LogP contribution is 2.59. The first-order valence-electron chi connectivity index (χ1n) is 10.1. The number of hydrogen-bond donors (Lipinski definition) is 0. The van der Waals surface area contributed by atoms with E-state index >= 15 is 0 Å². The van der Waals surface area contributed by atoms with Gasteiger partial charge < -0.3 is 13.9 Å². The Labute approximate surface area is 190 Å². The molecule has 2 aromatic heterocycles. The van der Waals surface area contributed by atoms with Gasteiger partial charge in [-0.15, -0.1) is 10.2 Å². The van der Waals surface area contributed by atoms with Gasteiger partial charge in [0.15, 0.2) is 17.3 Å². The van der Waals surface area contributed by atoms with Gasteiger partial charge in [0, 0.05) is 31.3 Å². The van der Waals surface area contributed by atoms with Crippen molar-refractivity contribution in [1.82, 2.24) is 24.6 Å². The molecule has 158 valence electrons. The van der Waals surface area contributed by atoms with E-state index in [0.717, 1.165) is 47.9 Å². The zero-order valence-corrected chi connectivity index (χ0v) is 19.3. The molecule has 2 fully saturated rings. The van der Waals surface area contributed by atoms with E-state index in [0.29, 0.717) is 15.8 Å². The van der Waals surface area contributed by atoms with Crippen molar-refractivity contribution in [2.75, 3.05) is 25.4 Å². The minimum atomic E-state index is 0.287. The number of oxazole rings is 1. The molecule has 30 heavy (non-hydrogen) atoms. The third kappa shape index (κ3) is 3.55. The minimum Gasteiger partial charge on any atom is -0.440 e. The van der Waals surface area contributed by atoms with Gasteiger partial charge in [-0.05, 0) is 49.9 Å². The number of fused-ring (bicyclic) bond motifs is 1. The van der Waals surface area contributed by atoms with E-state index in [2.05, 4.69) is 32.2 Å². The summed E-state index contributed by atoms with van der Waals surface area (Å²) in [5.74, 6) is 3.15. The summed E-state index contributed by atoms with van der Waals surface area (Å²) in [4.78, 5) is 6.72. The molecule has 6 nitrogen and oxygen atoms in total. The zero-order chi connectivity index (χ0) is 20.9. The van der Waals surface area contributed by atoms with E-state index in [-0.39, 0.29) is 5.41 Å². The molecule has 0 N–H and O–H groups in total. The number of halogens is 2. The monoisotopic (exact) mass is 463 g/mol. The molecule has 0 spiro atoms. The Bertz CT molecular complexity index is 1080. The second-order valence-corrected chi connectivity index (χ2v) is 10.1. The number of thioether (sulfide) groups is 1. The predicted octanol–water partition coefficient (Wildman–Crippen LogP) is 4.84. The van der Waals surface area contributed by atoms with Crippen LogP contribution in [0.2, 0.25) is 10.0 Å². The van der Waals surface area contributed by atoms with Crippen LogP contribution in [0.25, 0.3) is 11.6 Å². The van der Waals surface area contributed by atoms with Gasteiger partial charge in [0.05, 0.1) is 15.7 Å². The molecule has 9 heteroatoms. The molecule has 1 aromatic carbocycles. The molecular weight excluding hydrogens is 441 g/mol. The fraction of sp³-hybridized carbons (Fsp3) is 0.476. The molecule has 0 bridgehead atoms. The Hall–Kier alpha value is -1.54. The van der Waals surface area contributed by atoms with E-state index in [9.17, 15) is 0 Å². The number of benzene rings is 1. The fourth-order valence-electron chi connectivity index (χ4n) is 4.62. The number of piperidine rings is 1. The maximum atomic E-state index is 6.25. The van der Waals surface area contributed by atoms with Crippen LogP contribution >= 0.6 is 35.0 Å². The number of aryl methyl sites for hydroxylation is 1. The van der Waals surface area contributed by atoms with Crippen molar-refractivity contribution in [1.29, 1.82) is 0 Å². The molecule has 2 aliphatic rings. The largest absolute Gasteiger partial charge is 0.440 e. The Morgan fingerprint density at radius 1 is 1.27 bits per heavy atom. The van der Waals surface area contributed by atoms with Crippen LogP contribution in [0.1, 0.15) is 24.1 Å². The summed E-state index contributed by atoms with van der Waals surface area (Å²) in [5.41, 5.74) is 2.45. The number of rotatable bonds is 7. The van der Waals surface area contributed by atoms with Crippen LogP contribution in [0.15, 0.2) is 34.2 Å². The summed E-state index contributed by atoms with van der Waals surface area (Å²) in [5, 5.41) is 10.8. The predicted molar refractivity (Wildman–Crippen MR) is 119 cm³/mol. The average molecular weight is 464 g/mol. The molecule has 3 aromatic rings. The maximum Gasteiger partial charge on any atom is 0.202 e. The van der Waals surface area contributed by atoms with E-state index < -0.39 is 0 Å². The Morgan fingerprint density at radius 3 is 2.90 bits per heavy atom. The molecule has 1 unspecified atom stereocenters. The van der Waals surface area contributed by atoms with Crippen molar-refractivity contribution < 1.29 is 4.42 Å². The minimum absolute atomic E-state index is 0.287. The first kappa shape index (κ1) is 20.4. The van der Waals surface area contributed by atoms with Gasteiger partial charge in [-0.1, -0.05) is 41.0 Å². The van der Waals surface area contributed by atoms with Crippen LogP contribution in [0.3, 0.4) is 0 Å². The SMILES string of the molecule is Cc1ncoc1-c1nnc(SCCCN2C[C@H]3CC3(c3ccc(Cl)c(Cl)c3)C2)n1C. The maximum absolute atomic E-state index is 6.25.